The Morgan fingerprint density at radius 1 is 1.09 bits per heavy atom. The molecule has 0 bridgehead atoms. The van der Waals surface area contributed by atoms with Gasteiger partial charge in [0.2, 0.25) is 5.91 Å². The Hall–Kier alpha value is -3.79. The largest absolute Gasteiger partial charge is 0.368 e. The fourth-order valence-corrected chi connectivity index (χ4v) is 4.30. The first-order valence-corrected chi connectivity index (χ1v) is 11.4. The van der Waals surface area contributed by atoms with Crippen molar-refractivity contribution in [3.05, 3.63) is 75.1 Å². The van der Waals surface area contributed by atoms with Crippen molar-refractivity contribution in [3.8, 4) is 0 Å². The highest BCUT2D eigenvalue weighted by Gasteiger charge is 2.22. The number of pyridine rings is 1. The number of nitrogens with one attached hydrogen (secondary N) is 2. The zero-order valence-electron chi connectivity index (χ0n) is 18.0. The molecule has 1 aliphatic heterocycles. The average Bonchev–Trinajstić information content (AvgIpc) is 3.26. The van der Waals surface area contributed by atoms with Crippen LogP contribution in [0.25, 0.3) is 0 Å². The summed E-state index contributed by atoms with van der Waals surface area (Å²) in [5, 5.41) is 4.67. The summed E-state index contributed by atoms with van der Waals surface area (Å²) in [6.07, 6.45) is 1.60. The number of Topliss-reactive ketones (excluding diaryl/α,β-unsaturated/α-hetero) is 1. The van der Waals surface area contributed by atoms with Crippen LogP contribution in [0.15, 0.2) is 52.8 Å². The quantitative estimate of drug-likeness (QED) is 0.539. The van der Waals surface area contributed by atoms with Gasteiger partial charge in [0.15, 0.2) is 10.9 Å². The Balaban J connectivity index is 1.29. The number of benzene rings is 1. The first kappa shape index (κ1) is 22.4. The number of hydrogen-bond donors (Lipinski definition) is 2. The van der Waals surface area contributed by atoms with E-state index >= 15 is 0 Å². The second kappa shape index (κ2) is 9.78. The van der Waals surface area contributed by atoms with Crippen molar-refractivity contribution in [2.75, 3.05) is 36.4 Å². The van der Waals surface area contributed by atoms with Crippen molar-refractivity contribution in [2.45, 2.75) is 13.3 Å². The third kappa shape index (κ3) is 5.35. The van der Waals surface area contributed by atoms with Gasteiger partial charge in [0.25, 0.3) is 11.5 Å². The summed E-state index contributed by atoms with van der Waals surface area (Å²) in [5.41, 5.74) is 1.81. The zero-order valence-corrected chi connectivity index (χ0v) is 18.9. The van der Waals surface area contributed by atoms with Crippen molar-refractivity contribution in [1.82, 2.24) is 14.9 Å². The fraction of sp³-hybridized carbons (Fsp3) is 0.261. The van der Waals surface area contributed by atoms with Gasteiger partial charge in [-0.05, 0) is 43.3 Å². The molecule has 1 fully saturated rings. The van der Waals surface area contributed by atoms with Gasteiger partial charge in [-0.2, -0.15) is 0 Å². The highest BCUT2D eigenvalue weighted by Crippen LogP contribution is 2.20. The van der Waals surface area contributed by atoms with Crippen molar-refractivity contribution >= 4 is 39.8 Å². The van der Waals surface area contributed by atoms with Crippen LogP contribution < -0.4 is 15.8 Å². The smallest absolute Gasteiger partial charge is 0.263 e. The summed E-state index contributed by atoms with van der Waals surface area (Å²) in [7, 11) is 0. The van der Waals surface area contributed by atoms with E-state index < -0.39 is 11.5 Å². The SMILES string of the molecule is CC(=O)c1ccc(N2CCN(C(=O)Cc3csc(NC(=O)c4ccc[nH]c4=O)n3)CC2)cc1. The number of carbonyl (C=O) groups excluding carboxylic acids is 3. The van der Waals surface area contributed by atoms with Crippen LogP contribution in [0.5, 0.6) is 0 Å². The molecule has 1 saturated heterocycles. The first-order chi connectivity index (χ1) is 15.9. The van der Waals surface area contributed by atoms with Crippen LogP contribution in [0, 0.1) is 0 Å². The maximum absolute atomic E-state index is 12.7. The first-order valence-electron chi connectivity index (χ1n) is 10.5. The third-order valence-corrected chi connectivity index (χ3v) is 6.25. The van der Waals surface area contributed by atoms with Gasteiger partial charge in [-0.3, -0.25) is 24.5 Å². The number of aromatic amines is 1. The summed E-state index contributed by atoms with van der Waals surface area (Å²) >= 11 is 1.21. The number of thiazole rings is 1. The molecular formula is C23H23N5O4S. The molecule has 3 aromatic rings. The number of aromatic nitrogens is 2. The van der Waals surface area contributed by atoms with Crippen LogP contribution in [-0.2, 0) is 11.2 Å². The van der Waals surface area contributed by atoms with Crippen molar-refractivity contribution < 1.29 is 14.4 Å². The third-order valence-electron chi connectivity index (χ3n) is 5.44. The van der Waals surface area contributed by atoms with E-state index in [2.05, 4.69) is 20.2 Å². The summed E-state index contributed by atoms with van der Waals surface area (Å²) < 4.78 is 0. The summed E-state index contributed by atoms with van der Waals surface area (Å²) in [6, 6.07) is 10.5. The molecule has 2 aromatic heterocycles. The minimum atomic E-state index is -0.545. The maximum atomic E-state index is 12.7. The van der Waals surface area contributed by atoms with E-state index in [0.29, 0.717) is 42.6 Å². The van der Waals surface area contributed by atoms with Gasteiger partial charge in [0.1, 0.15) is 5.56 Å². The second-order valence-corrected chi connectivity index (χ2v) is 8.52. The Kier molecular flexibility index (Phi) is 6.64. The van der Waals surface area contributed by atoms with E-state index in [1.165, 1.54) is 23.6 Å². The lowest BCUT2D eigenvalue weighted by molar-refractivity contribution is -0.130. The van der Waals surface area contributed by atoms with Crippen molar-refractivity contribution in [2.24, 2.45) is 0 Å². The maximum Gasteiger partial charge on any atom is 0.263 e. The molecule has 0 aliphatic carbocycles. The zero-order chi connectivity index (χ0) is 23.4. The van der Waals surface area contributed by atoms with Crippen molar-refractivity contribution in [3.63, 3.8) is 0 Å². The number of H-pyrrole nitrogens is 1. The van der Waals surface area contributed by atoms with E-state index in [1.54, 1.807) is 18.4 Å². The van der Waals surface area contributed by atoms with E-state index in [4.69, 9.17) is 0 Å². The Morgan fingerprint density at radius 2 is 1.82 bits per heavy atom. The van der Waals surface area contributed by atoms with Crippen LogP contribution in [0.3, 0.4) is 0 Å². The van der Waals surface area contributed by atoms with Gasteiger partial charge in [0, 0.05) is 49.0 Å². The lowest BCUT2D eigenvalue weighted by Crippen LogP contribution is -2.49. The molecule has 0 spiro atoms. The highest BCUT2D eigenvalue weighted by atomic mass is 32.1. The summed E-state index contributed by atoms with van der Waals surface area (Å²) in [4.78, 5) is 58.9. The molecule has 0 atom stereocenters. The van der Waals surface area contributed by atoms with Crippen LogP contribution in [0.1, 0.15) is 33.3 Å². The number of anilines is 2. The molecule has 4 rings (SSSR count). The van der Waals surface area contributed by atoms with Crippen LogP contribution >= 0.6 is 11.3 Å². The molecule has 2 N–H and O–H groups in total. The number of ketones is 1. The van der Waals surface area contributed by atoms with Crippen LogP contribution in [0.4, 0.5) is 10.8 Å². The molecule has 9 nitrogen and oxygen atoms in total. The van der Waals surface area contributed by atoms with Gasteiger partial charge in [-0.15, -0.1) is 11.3 Å². The molecule has 0 unspecified atom stereocenters. The molecule has 1 aromatic carbocycles. The number of nitrogens with zero attached hydrogens (tertiary/aromatic N) is 3. The number of carbonyl (C=O) groups is 3. The lowest BCUT2D eigenvalue weighted by atomic mass is 10.1. The van der Waals surface area contributed by atoms with Crippen LogP contribution in [0.2, 0.25) is 0 Å². The molecule has 3 heterocycles. The molecule has 0 radical (unpaired) electrons. The molecule has 0 saturated carbocycles. The lowest BCUT2D eigenvalue weighted by Gasteiger charge is -2.36. The fourth-order valence-electron chi connectivity index (χ4n) is 3.60. The van der Waals surface area contributed by atoms with E-state index in [9.17, 15) is 19.2 Å². The second-order valence-electron chi connectivity index (χ2n) is 7.66. The average molecular weight is 466 g/mol. The molecule has 2 amide bonds. The number of amides is 2. The predicted molar refractivity (Wildman–Crippen MR) is 126 cm³/mol. The number of piperazine rings is 1. The molecule has 170 valence electrons. The molecule has 1 aliphatic rings. The van der Waals surface area contributed by atoms with Gasteiger partial charge < -0.3 is 14.8 Å². The Labute approximate surface area is 194 Å². The highest BCUT2D eigenvalue weighted by molar-refractivity contribution is 7.14. The molecular weight excluding hydrogens is 442 g/mol. The van der Waals surface area contributed by atoms with E-state index in [-0.39, 0.29) is 23.7 Å². The normalized spacial score (nSPS) is 13.6. The molecule has 33 heavy (non-hydrogen) atoms. The Morgan fingerprint density at radius 3 is 2.48 bits per heavy atom. The minimum absolute atomic E-state index is 0.000805. The standard InChI is InChI=1S/C23H23N5O4S/c1-15(29)16-4-6-18(7-5-16)27-9-11-28(12-10-27)20(30)13-17-14-33-23(25-17)26-22(32)19-3-2-8-24-21(19)31/h2-8,14H,9-13H2,1H3,(H,24,31)(H,25,26,32). The number of hydrogen-bond acceptors (Lipinski definition) is 7. The van der Waals surface area contributed by atoms with Gasteiger partial charge >= 0.3 is 0 Å². The van der Waals surface area contributed by atoms with Crippen molar-refractivity contribution in [1.29, 1.82) is 0 Å². The monoisotopic (exact) mass is 465 g/mol. The van der Waals surface area contributed by atoms with Gasteiger partial charge in [0.05, 0.1) is 12.1 Å². The van der Waals surface area contributed by atoms with Gasteiger partial charge in [-0.25, -0.2) is 4.98 Å². The van der Waals surface area contributed by atoms with Crippen LogP contribution in [-0.4, -0.2) is 58.6 Å². The van der Waals surface area contributed by atoms with E-state index in [0.717, 1.165) is 5.69 Å². The summed E-state index contributed by atoms with van der Waals surface area (Å²) in [5.74, 6) is -0.531. The molecule has 10 heteroatoms. The minimum Gasteiger partial charge on any atom is -0.368 e. The Bertz CT molecular complexity index is 1230. The predicted octanol–water partition coefficient (Wildman–Crippen LogP) is 2.18. The van der Waals surface area contributed by atoms with Gasteiger partial charge in [-0.1, -0.05) is 0 Å². The topological polar surface area (TPSA) is 115 Å². The number of rotatable bonds is 6. The summed E-state index contributed by atoms with van der Waals surface area (Å²) in [6.45, 7) is 4.14. The van der Waals surface area contributed by atoms with E-state index in [1.807, 2.05) is 29.2 Å².